The Morgan fingerprint density at radius 1 is 1.47 bits per heavy atom. The number of hydrogen-bond donors (Lipinski definition) is 2. The minimum Gasteiger partial charge on any atom is -0.365 e. The first-order valence-corrected chi connectivity index (χ1v) is 4.96. The molecule has 2 aromatic heterocycles. The number of nitrogens with one attached hydrogen (secondary N) is 2. The molecule has 1 fully saturated rings. The predicted molar refractivity (Wildman–Crippen MR) is 54.5 cm³/mol. The lowest BCUT2D eigenvalue weighted by molar-refractivity contribution is 0.448. The molecule has 0 bridgehead atoms. The van der Waals surface area contributed by atoms with Crippen LogP contribution in [-0.2, 0) is 0 Å². The molecule has 1 unspecified atom stereocenters. The van der Waals surface area contributed by atoms with Crippen LogP contribution >= 0.6 is 0 Å². The van der Waals surface area contributed by atoms with Gasteiger partial charge in [-0.1, -0.05) is 5.16 Å². The van der Waals surface area contributed by atoms with Crippen LogP contribution in [0.25, 0.3) is 11.1 Å². The standard InChI is InChI=1S/C9H11N5O/c1-2-10-3-6(1)14-8-7-4-13-15-9(7)12-5-11-8/h4-6,10H,1-3H2,(H,11,12,14). The summed E-state index contributed by atoms with van der Waals surface area (Å²) >= 11 is 0. The van der Waals surface area contributed by atoms with Gasteiger partial charge in [0.15, 0.2) is 0 Å². The molecule has 1 aliphatic rings. The maximum atomic E-state index is 4.97. The summed E-state index contributed by atoms with van der Waals surface area (Å²) in [6, 6.07) is 0.429. The molecule has 3 heterocycles. The third-order valence-corrected chi connectivity index (χ3v) is 2.57. The molecule has 0 amide bonds. The molecule has 0 saturated carbocycles. The highest BCUT2D eigenvalue weighted by Gasteiger charge is 2.16. The predicted octanol–water partition coefficient (Wildman–Crippen LogP) is 0.392. The lowest BCUT2D eigenvalue weighted by atomic mass is 10.2. The Morgan fingerprint density at radius 3 is 3.33 bits per heavy atom. The van der Waals surface area contributed by atoms with Crippen molar-refractivity contribution in [2.75, 3.05) is 18.4 Å². The number of rotatable bonds is 2. The van der Waals surface area contributed by atoms with Crippen molar-refractivity contribution in [3.05, 3.63) is 12.5 Å². The van der Waals surface area contributed by atoms with Gasteiger partial charge >= 0.3 is 0 Å². The fraction of sp³-hybridized carbons (Fsp3) is 0.444. The van der Waals surface area contributed by atoms with Crippen LogP contribution in [0.5, 0.6) is 0 Å². The van der Waals surface area contributed by atoms with Crippen LogP contribution in [0.15, 0.2) is 17.0 Å². The summed E-state index contributed by atoms with van der Waals surface area (Å²) < 4.78 is 4.97. The second kappa shape index (κ2) is 3.47. The van der Waals surface area contributed by atoms with Crippen LogP contribution in [0.1, 0.15) is 6.42 Å². The first kappa shape index (κ1) is 8.60. The quantitative estimate of drug-likeness (QED) is 0.738. The molecule has 0 aromatic carbocycles. The molecule has 0 aliphatic carbocycles. The molecule has 78 valence electrons. The molecule has 2 aromatic rings. The summed E-state index contributed by atoms with van der Waals surface area (Å²) in [6.07, 6.45) is 4.23. The van der Waals surface area contributed by atoms with Gasteiger partial charge in [-0.2, -0.15) is 4.98 Å². The molecule has 2 N–H and O–H groups in total. The fourth-order valence-corrected chi connectivity index (χ4v) is 1.78. The van der Waals surface area contributed by atoms with E-state index < -0.39 is 0 Å². The van der Waals surface area contributed by atoms with Crippen molar-refractivity contribution in [2.45, 2.75) is 12.5 Å². The van der Waals surface area contributed by atoms with Crippen molar-refractivity contribution in [3.8, 4) is 0 Å². The van der Waals surface area contributed by atoms with E-state index in [0.29, 0.717) is 11.8 Å². The molecule has 1 aliphatic heterocycles. The largest absolute Gasteiger partial charge is 0.365 e. The van der Waals surface area contributed by atoms with Crippen LogP contribution in [0.4, 0.5) is 5.82 Å². The van der Waals surface area contributed by atoms with E-state index in [1.165, 1.54) is 6.33 Å². The Balaban J connectivity index is 1.92. The first-order chi connectivity index (χ1) is 7.43. The summed E-state index contributed by atoms with van der Waals surface area (Å²) in [5.74, 6) is 0.801. The van der Waals surface area contributed by atoms with Gasteiger partial charge in [-0.3, -0.25) is 0 Å². The minimum atomic E-state index is 0.429. The Morgan fingerprint density at radius 2 is 2.47 bits per heavy atom. The number of anilines is 1. The Labute approximate surface area is 86.1 Å². The zero-order valence-electron chi connectivity index (χ0n) is 8.10. The van der Waals surface area contributed by atoms with Crippen LogP contribution in [0, 0.1) is 0 Å². The Hall–Kier alpha value is -1.69. The summed E-state index contributed by atoms with van der Waals surface area (Å²) in [4.78, 5) is 8.17. The van der Waals surface area contributed by atoms with Gasteiger partial charge in [0.1, 0.15) is 17.5 Å². The normalized spacial score (nSPS) is 20.9. The molecule has 0 spiro atoms. The zero-order chi connectivity index (χ0) is 10.1. The van der Waals surface area contributed by atoms with Crippen molar-refractivity contribution in [1.29, 1.82) is 0 Å². The van der Waals surface area contributed by atoms with E-state index in [2.05, 4.69) is 25.8 Å². The fourth-order valence-electron chi connectivity index (χ4n) is 1.78. The van der Waals surface area contributed by atoms with Gasteiger partial charge in [-0.05, 0) is 13.0 Å². The second-order valence-corrected chi connectivity index (χ2v) is 3.60. The van der Waals surface area contributed by atoms with Gasteiger partial charge in [0, 0.05) is 12.6 Å². The van der Waals surface area contributed by atoms with Crippen molar-refractivity contribution >= 4 is 16.9 Å². The molecule has 6 heteroatoms. The number of aromatic nitrogens is 3. The summed E-state index contributed by atoms with van der Waals surface area (Å²) in [6.45, 7) is 2.02. The van der Waals surface area contributed by atoms with Crippen molar-refractivity contribution in [1.82, 2.24) is 20.4 Å². The third kappa shape index (κ3) is 1.52. The SMILES string of the molecule is c1nc(NC2CCNC2)c2cnoc2n1. The van der Waals surface area contributed by atoms with Crippen molar-refractivity contribution < 1.29 is 4.52 Å². The molecule has 3 rings (SSSR count). The Kier molecular flexibility index (Phi) is 1.99. The van der Waals surface area contributed by atoms with E-state index >= 15 is 0 Å². The highest BCUT2D eigenvalue weighted by molar-refractivity contribution is 5.84. The smallest absolute Gasteiger partial charge is 0.262 e. The number of nitrogens with zero attached hydrogens (tertiary/aromatic N) is 3. The number of hydrogen-bond acceptors (Lipinski definition) is 6. The first-order valence-electron chi connectivity index (χ1n) is 4.96. The molecular weight excluding hydrogens is 194 g/mol. The van der Waals surface area contributed by atoms with Crippen LogP contribution in [0.2, 0.25) is 0 Å². The summed E-state index contributed by atoms with van der Waals surface area (Å²) in [7, 11) is 0. The van der Waals surface area contributed by atoms with Crippen molar-refractivity contribution in [2.24, 2.45) is 0 Å². The monoisotopic (exact) mass is 205 g/mol. The maximum Gasteiger partial charge on any atom is 0.262 e. The molecule has 6 nitrogen and oxygen atoms in total. The van der Waals surface area contributed by atoms with Gasteiger partial charge in [0.2, 0.25) is 0 Å². The van der Waals surface area contributed by atoms with Gasteiger partial charge in [0.25, 0.3) is 5.71 Å². The van der Waals surface area contributed by atoms with E-state index in [1.54, 1.807) is 6.20 Å². The van der Waals surface area contributed by atoms with E-state index in [0.717, 1.165) is 30.7 Å². The highest BCUT2D eigenvalue weighted by atomic mass is 16.5. The lowest BCUT2D eigenvalue weighted by Crippen LogP contribution is -2.22. The van der Waals surface area contributed by atoms with E-state index in [1.807, 2.05) is 0 Å². The van der Waals surface area contributed by atoms with Gasteiger partial charge in [-0.25, -0.2) is 4.98 Å². The zero-order valence-corrected chi connectivity index (χ0v) is 8.10. The van der Waals surface area contributed by atoms with E-state index in [-0.39, 0.29) is 0 Å². The minimum absolute atomic E-state index is 0.429. The van der Waals surface area contributed by atoms with E-state index in [4.69, 9.17) is 4.52 Å². The lowest BCUT2D eigenvalue weighted by Gasteiger charge is -2.11. The second-order valence-electron chi connectivity index (χ2n) is 3.60. The average molecular weight is 205 g/mol. The molecule has 15 heavy (non-hydrogen) atoms. The maximum absolute atomic E-state index is 4.97. The van der Waals surface area contributed by atoms with Gasteiger partial charge < -0.3 is 15.2 Å². The van der Waals surface area contributed by atoms with Crippen LogP contribution in [-0.4, -0.2) is 34.3 Å². The van der Waals surface area contributed by atoms with Crippen molar-refractivity contribution in [3.63, 3.8) is 0 Å². The highest BCUT2D eigenvalue weighted by Crippen LogP contribution is 2.19. The van der Waals surface area contributed by atoms with Crippen LogP contribution < -0.4 is 10.6 Å². The van der Waals surface area contributed by atoms with E-state index in [9.17, 15) is 0 Å². The summed E-state index contributed by atoms with van der Waals surface area (Å²) in [5, 5.41) is 11.2. The number of fused-ring (bicyclic) bond motifs is 1. The van der Waals surface area contributed by atoms with Gasteiger partial charge in [-0.15, -0.1) is 0 Å². The molecule has 0 radical (unpaired) electrons. The van der Waals surface area contributed by atoms with Crippen LogP contribution in [0.3, 0.4) is 0 Å². The van der Waals surface area contributed by atoms with Gasteiger partial charge in [0.05, 0.1) is 6.20 Å². The molecule has 1 atom stereocenters. The summed E-state index contributed by atoms with van der Waals surface area (Å²) in [5.41, 5.74) is 0.526. The topological polar surface area (TPSA) is 75.9 Å². The Bertz CT molecular complexity index is 462. The average Bonchev–Trinajstić information content (AvgIpc) is 2.87. The third-order valence-electron chi connectivity index (χ3n) is 2.57. The molecular formula is C9H11N5O. The molecule has 1 saturated heterocycles.